The van der Waals surface area contributed by atoms with Gasteiger partial charge in [-0.3, -0.25) is 0 Å². The fourth-order valence-corrected chi connectivity index (χ4v) is 4.54. The van der Waals surface area contributed by atoms with Gasteiger partial charge in [-0.2, -0.15) is 0 Å². The van der Waals surface area contributed by atoms with Crippen molar-refractivity contribution in [3.8, 4) is 0 Å². The molecule has 0 aromatic heterocycles. The maximum atomic E-state index is 6.13. The van der Waals surface area contributed by atoms with Gasteiger partial charge in [0.15, 0.2) is 0 Å². The number of hydrogen-bond acceptors (Lipinski definition) is 2. The van der Waals surface area contributed by atoms with Crippen molar-refractivity contribution in [3.05, 3.63) is 63.6 Å². The van der Waals surface area contributed by atoms with E-state index in [4.69, 9.17) is 23.2 Å². The van der Waals surface area contributed by atoms with Gasteiger partial charge in [0, 0.05) is 16.2 Å². The molecule has 0 saturated carbocycles. The molecule has 0 bridgehead atoms. The molecule has 0 saturated heterocycles. The van der Waals surface area contributed by atoms with Gasteiger partial charge in [0.25, 0.3) is 0 Å². The van der Waals surface area contributed by atoms with E-state index in [1.807, 2.05) is 30.0 Å². The molecule has 2 unspecified atom stereocenters. The fraction of sp³-hybridized carbons (Fsp3) is 0.294. The Hall–Kier alpha value is -0.670. The van der Waals surface area contributed by atoms with Crippen molar-refractivity contribution < 1.29 is 0 Å². The maximum absolute atomic E-state index is 6.13. The summed E-state index contributed by atoms with van der Waals surface area (Å²) in [5.74, 6) is 0. The molecule has 0 heterocycles. The number of nitrogens with one attached hydrogen (secondary N) is 1. The molecular formula is C17H17Cl2NS. The smallest absolute Gasteiger partial charge is 0.0603 e. The molecule has 3 rings (SSSR count). The molecule has 0 fully saturated rings. The third-order valence-corrected chi connectivity index (χ3v) is 5.79. The molecule has 1 N–H and O–H groups in total. The lowest BCUT2D eigenvalue weighted by atomic mass is 10.1. The minimum Gasteiger partial charge on any atom is -0.309 e. The Morgan fingerprint density at radius 1 is 1.14 bits per heavy atom. The quantitative estimate of drug-likeness (QED) is 0.805. The van der Waals surface area contributed by atoms with E-state index in [1.54, 1.807) is 0 Å². The van der Waals surface area contributed by atoms with Crippen LogP contribution < -0.4 is 5.32 Å². The number of hydrogen-bond donors (Lipinski definition) is 1. The summed E-state index contributed by atoms with van der Waals surface area (Å²) >= 11 is 14.0. The average molecular weight is 338 g/mol. The molecule has 1 nitrogen and oxygen atoms in total. The summed E-state index contributed by atoms with van der Waals surface area (Å²) in [7, 11) is 0. The van der Waals surface area contributed by atoms with Crippen LogP contribution in [0.25, 0.3) is 0 Å². The number of rotatable bonds is 4. The van der Waals surface area contributed by atoms with Crippen molar-refractivity contribution in [2.45, 2.75) is 29.5 Å². The van der Waals surface area contributed by atoms with E-state index in [0.717, 1.165) is 13.0 Å². The first-order valence-corrected chi connectivity index (χ1v) is 8.75. The second-order valence-electron chi connectivity index (χ2n) is 5.17. The molecule has 2 atom stereocenters. The third-order valence-electron chi connectivity index (χ3n) is 3.79. The second-order valence-corrected chi connectivity index (χ2v) is 7.30. The zero-order chi connectivity index (χ0) is 14.8. The van der Waals surface area contributed by atoms with Gasteiger partial charge in [0.2, 0.25) is 0 Å². The highest BCUT2D eigenvalue weighted by atomic mass is 35.5. The molecule has 1 aliphatic rings. The van der Waals surface area contributed by atoms with Gasteiger partial charge < -0.3 is 5.32 Å². The van der Waals surface area contributed by atoms with Crippen LogP contribution in [-0.4, -0.2) is 11.8 Å². The van der Waals surface area contributed by atoms with E-state index in [0.29, 0.717) is 21.3 Å². The SMILES string of the molecule is CCNC1c2ccccc2CC1Sc1ccc(Cl)c(Cl)c1. The highest BCUT2D eigenvalue weighted by molar-refractivity contribution is 8.00. The zero-order valence-electron chi connectivity index (χ0n) is 11.8. The van der Waals surface area contributed by atoms with Crippen molar-refractivity contribution in [1.29, 1.82) is 0 Å². The van der Waals surface area contributed by atoms with Crippen molar-refractivity contribution in [2.24, 2.45) is 0 Å². The van der Waals surface area contributed by atoms with E-state index in [9.17, 15) is 0 Å². The first-order valence-electron chi connectivity index (χ1n) is 7.12. The Bertz CT molecular complexity index is 644. The number of fused-ring (bicyclic) bond motifs is 1. The Balaban J connectivity index is 1.83. The standard InChI is InChI=1S/C17H17Cl2NS/c1-2-20-17-13-6-4-3-5-11(13)9-16(17)21-12-7-8-14(18)15(19)10-12/h3-8,10,16-17,20H,2,9H2,1H3. The highest BCUT2D eigenvalue weighted by Crippen LogP contribution is 2.42. The van der Waals surface area contributed by atoms with E-state index in [-0.39, 0.29) is 0 Å². The molecular weight excluding hydrogens is 321 g/mol. The largest absolute Gasteiger partial charge is 0.309 e. The van der Waals surface area contributed by atoms with Crippen LogP contribution in [0.5, 0.6) is 0 Å². The molecule has 2 aromatic carbocycles. The second kappa shape index (κ2) is 6.62. The minimum absolute atomic E-state index is 0.394. The molecule has 0 spiro atoms. The number of benzene rings is 2. The van der Waals surface area contributed by atoms with Crippen molar-refractivity contribution in [3.63, 3.8) is 0 Å². The highest BCUT2D eigenvalue weighted by Gasteiger charge is 2.32. The van der Waals surface area contributed by atoms with Crippen LogP contribution in [0.3, 0.4) is 0 Å². The van der Waals surface area contributed by atoms with Gasteiger partial charge in [0.1, 0.15) is 0 Å². The fourth-order valence-electron chi connectivity index (χ4n) is 2.85. The molecule has 0 radical (unpaired) electrons. The minimum atomic E-state index is 0.394. The van der Waals surface area contributed by atoms with Gasteiger partial charge in [-0.1, -0.05) is 54.4 Å². The number of halogens is 2. The summed E-state index contributed by atoms with van der Waals surface area (Å²) in [6.45, 7) is 3.12. The van der Waals surface area contributed by atoms with Crippen molar-refractivity contribution in [2.75, 3.05) is 6.54 Å². The Morgan fingerprint density at radius 3 is 2.71 bits per heavy atom. The van der Waals surface area contributed by atoms with Crippen LogP contribution in [-0.2, 0) is 6.42 Å². The molecule has 1 aliphatic carbocycles. The van der Waals surface area contributed by atoms with E-state index in [2.05, 4.69) is 36.5 Å². The topological polar surface area (TPSA) is 12.0 Å². The van der Waals surface area contributed by atoms with Gasteiger partial charge in [-0.05, 0) is 42.3 Å². The molecule has 0 aliphatic heterocycles. The average Bonchev–Trinajstić information content (AvgIpc) is 2.81. The van der Waals surface area contributed by atoms with Crippen LogP contribution in [0, 0.1) is 0 Å². The first kappa shape index (κ1) is 15.2. The summed E-state index contributed by atoms with van der Waals surface area (Å²) in [5.41, 5.74) is 2.87. The van der Waals surface area contributed by atoms with Crippen LogP contribution >= 0.6 is 35.0 Å². The zero-order valence-corrected chi connectivity index (χ0v) is 14.1. The molecule has 4 heteroatoms. The van der Waals surface area contributed by atoms with E-state index in [1.165, 1.54) is 16.0 Å². The predicted octanol–water partition coefficient (Wildman–Crippen LogP) is 5.36. The molecule has 0 amide bonds. The summed E-state index contributed by atoms with van der Waals surface area (Å²) in [5, 5.41) is 5.34. The van der Waals surface area contributed by atoms with Gasteiger partial charge in [-0.15, -0.1) is 11.8 Å². The van der Waals surface area contributed by atoms with Gasteiger partial charge in [0.05, 0.1) is 10.0 Å². The molecule has 21 heavy (non-hydrogen) atoms. The third kappa shape index (κ3) is 3.24. The van der Waals surface area contributed by atoms with Crippen molar-refractivity contribution in [1.82, 2.24) is 5.32 Å². The Kier molecular flexibility index (Phi) is 4.80. The van der Waals surface area contributed by atoms with Crippen LogP contribution in [0.1, 0.15) is 24.1 Å². The normalized spacial score (nSPS) is 20.5. The maximum Gasteiger partial charge on any atom is 0.0603 e. The van der Waals surface area contributed by atoms with Crippen LogP contribution in [0.4, 0.5) is 0 Å². The van der Waals surface area contributed by atoms with Crippen LogP contribution in [0.2, 0.25) is 10.0 Å². The van der Waals surface area contributed by atoms with E-state index >= 15 is 0 Å². The monoisotopic (exact) mass is 337 g/mol. The summed E-state index contributed by atoms with van der Waals surface area (Å²) in [6.07, 6.45) is 1.08. The predicted molar refractivity (Wildman–Crippen MR) is 92.7 cm³/mol. The van der Waals surface area contributed by atoms with Crippen LogP contribution in [0.15, 0.2) is 47.4 Å². The van der Waals surface area contributed by atoms with Gasteiger partial charge in [-0.25, -0.2) is 0 Å². The number of thioether (sulfide) groups is 1. The Labute approximate surface area is 140 Å². The lowest BCUT2D eigenvalue weighted by molar-refractivity contribution is 0.560. The summed E-state index contributed by atoms with van der Waals surface area (Å²) < 4.78 is 0. The summed E-state index contributed by atoms with van der Waals surface area (Å²) in [4.78, 5) is 1.17. The first-order chi connectivity index (χ1) is 10.2. The lowest BCUT2D eigenvalue weighted by Crippen LogP contribution is -2.26. The molecule has 2 aromatic rings. The van der Waals surface area contributed by atoms with E-state index < -0.39 is 0 Å². The Morgan fingerprint density at radius 2 is 1.95 bits per heavy atom. The van der Waals surface area contributed by atoms with Gasteiger partial charge >= 0.3 is 0 Å². The summed E-state index contributed by atoms with van der Waals surface area (Å²) in [6, 6.07) is 15.0. The van der Waals surface area contributed by atoms with Crippen molar-refractivity contribution >= 4 is 35.0 Å². The lowest BCUT2D eigenvalue weighted by Gasteiger charge is -2.21. The molecule has 110 valence electrons.